The zero-order chi connectivity index (χ0) is 12.1. The monoisotopic (exact) mass is 236 g/mol. The summed E-state index contributed by atoms with van der Waals surface area (Å²) in [4.78, 5) is 5.43. The maximum Gasteiger partial charge on any atom is 0.0227 e. The Morgan fingerprint density at radius 2 is 1.82 bits per heavy atom. The van der Waals surface area contributed by atoms with E-state index in [1.54, 1.807) is 0 Å². The lowest BCUT2D eigenvalue weighted by atomic mass is 9.83. The molecule has 3 atom stereocenters. The van der Waals surface area contributed by atoms with Crippen molar-refractivity contribution >= 4 is 0 Å². The van der Waals surface area contributed by atoms with Crippen LogP contribution in [0.25, 0.3) is 0 Å². The topological polar surface area (TPSA) is 6.48 Å². The Balaban J connectivity index is 1.93. The third kappa shape index (κ3) is 1.94. The van der Waals surface area contributed by atoms with E-state index >= 15 is 0 Å². The number of nitrogens with zero attached hydrogens (tertiary/aromatic N) is 2. The summed E-state index contributed by atoms with van der Waals surface area (Å²) in [6, 6.07) is 0. The molecule has 0 spiro atoms. The van der Waals surface area contributed by atoms with E-state index in [1.165, 1.54) is 58.3 Å². The highest BCUT2D eigenvalue weighted by molar-refractivity contribution is 5.08. The molecule has 2 nitrogen and oxygen atoms in total. The van der Waals surface area contributed by atoms with Gasteiger partial charge in [0.15, 0.2) is 0 Å². The average molecular weight is 236 g/mol. The van der Waals surface area contributed by atoms with Crippen molar-refractivity contribution in [3.63, 3.8) is 0 Å². The number of hydrogen-bond acceptors (Lipinski definition) is 2. The second-order valence-electron chi connectivity index (χ2n) is 7.45. The molecule has 0 aromatic heterocycles. The van der Waals surface area contributed by atoms with Crippen LogP contribution in [0, 0.1) is 11.3 Å². The highest BCUT2D eigenvalue weighted by Gasteiger charge is 2.54. The van der Waals surface area contributed by atoms with Crippen molar-refractivity contribution in [3.8, 4) is 0 Å². The highest BCUT2D eigenvalue weighted by Crippen LogP contribution is 2.55. The summed E-state index contributed by atoms with van der Waals surface area (Å²) in [7, 11) is 2.32. The van der Waals surface area contributed by atoms with Crippen LogP contribution in [0.1, 0.15) is 46.0 Å². The first-order chi connectivity index (χ1) is 8.02. The van der Waals surface area contributed by atoms with Crippen LogP contribution in [0.5, 0.6) is 0 Å². The van der Waals surface area contributed by atoms with Crippen LogP contribution in [-0.4, -0.2) is 48.6 Å². The van der Waals surface area contributed by atoms with Crippen LogP contribution < -0.4 is 0 Å². The Labute approximate surface area is 106 Å². The van der Waals surface area contributed by atoms with Gasteiger partial charge in [0.05, 0.1) is 0 Å². The summed E-state index contributed by atoms with van der Waals surface area (Å²) in [5.41, 5.74) is 1.14. The lowest BCUT2D eigenvalue weighted by molar-refractivity contribution is 0.0339. The first-order valence-corrected chi connectivity index (χ1v) is 7.46. The Hall–Kier alpha value is -0.0800. The summed E-state index contributed by atoms with van der Waals surface area (Å²) >= 11 is 0. The van der Waals surface area contributed by atoms with E-state index in [2.05, 4.69) is 30.7 Å². The minimum absolute atomic E-state index is 0.500. The Kier molecular flexibility index (Phi) is 2.79. The van der Waals surface area contributed by atoms with Crippen LogP contribution in [-0.2, 0) is 0 Å². The summed E-state index contributed by atoms with van der Waals surface area (Å²) in [5.74, 6) is 0.901. The summed E-state index contributed by atoms with van der Waals surface area (Å²) < 4.78 is 0. The molecule has 0 amide bonds. The Bertz CT molecular complexity index is 303. The van der Waals surface area contributed by atoms with E-state index in [-0.39, 0.29) is 0 Å². The van der Waals surface area contributed by atoms with Crippen LogP contribution >= 0.6 is 0 Å². The molecule has 2 aliphatic heterocycles. The lowest BCUT2D eigenvalue weighted by Gasteiger charge is -2.46. The molecule has 3 rings (SSSR count). The molecule has 2 saturated heterocycles. The predicted molar refractivity (Wildman–Crippen MR) is 72.2 cm³/mol. The lowest BCUT2D eigenvalue weighted by Crippen LogP contribution is -2.54. The molecule has 17 heavy (non-hydrogen) atoms. The van der Waals surface area contributed by atoms with Gasteiger partial charge in [-0.2, -0.15) is 0 Å². The fraction of sp³-hybridized carbons (Fsp3) is 1.00. The van der Waals surface area contributed by atoms with E-state index < -0.39 is 0 Å². The minimum Gasteiger partial charge on any atom is -0.306 e. The van der Waals surface area contributed by atoms with Gasteiger partial charge in [0.1, 0.15) is 0 Å². The predicted octanol–water partition coefficient (Wildman–Crippen LogP) is 2.59. The highest BCUT2D eigenvalue weighted by atomic mass is 15.2. The first kappa shape index (κ1) is 12.0. The van der Waals surface area contributed by atoms with Gasteiger partial charge in [0, 0.05) is 12.1 Å². The molecule has 2 heteroatoms. The number of hydrogen-bond donors (Lipinski definition) is 0. The Morgan fingerprint density at radius 3 is 2.65 bits per heavy atom. The average Bonchev–Trinajstić information content (AvgIpc) is 2.38. The minimum atomic E-state index is 0.500. The fourth-order valence-electron chi connectivity index (χ4n) is 5.04. The molecule has 2 heterocycles. The molecule has 0 N–H and O–H groups in total. The molecule has 0 radical (unpaired) electrons. The number of rotatable bonds is 0. The Morgan fingerprint density at radius 1 is 1.06 bits per heavy atom. The van der Waals surface area contributed by atoms with Crippen molar-refractivity contribution in [3.05, 3.63) is 0 Å². The summed E-state index contributed by atoms with van der Waals surface area (Å²) in [6.45, 7) is 10.4. The van der Waals surface area contributed by atoms with Gasteiger partial charge in [0.25, 0.3) is 0 Å². The van der Waals surface area contributed by atoms with Gasteiger partial charge >= 0.3 is 0 Å². The maximum atomic E-state index is 2.85. The van der Waals surface area contributed by atoms with E-state index in [0.29, 0.717) is 11.0 Å². The van der Waals surface area contributed by atoms with Crippen molar-refractivity contribution in [2.24, 2.45) is 11.3 Å². The van der Waals surface area contributed by atoms with E-state index in [1.807, 2.05) is 0 Å². The third-order valence-electron chi connectivity index (χ3n) is 5.83. The van der Waals surface area contributed by atoms with Gasteiger partial charge in [-0.1, -0.05) is 6.92 Å². The van der Waals surface area contributed by atoms with E-state index in [0.717, 1.165) is 5.92 Å². The smallest absolute Gasteiger partial charge is 0.0227 e. The van der Waals surface area contributed by atoms with Crippen molar-refractivity contribution in [2.75, 3.05) is 33.2 Å². The van der Waals surface area contributed by atoms with Crippen LogP contribution in [0.2, 0.25) is 0 Å². The van der Waals surface area contributed by atoms with Crippen molar-refractivity contribution in [1.29, 1.82) is 0 Å². The van der Waals surface area contributed by atoms with Gasteiger partial charge in [0.2, 0.25) is 0 Å². The molecule has 0 aromatic rings. The molecular formula is C15H28N2. The molecule has 1 saturated carbocycles. The molecule has 98 valence electrons. The molecule has 3 unspecified atom stereocenters. The van der Waals surface area contributed by atoms with Gasteiger partial charge in [-0.3, -0.25) is 4.90 Å². The van der Waals surface area contributed by atoms with Gasteiger partial charge in [-0.25, -0.2) is 0 Å². The zero-order valence-electron chi connectivity index (χ0n) is 11.8. The molecule has 1 aliphatic carbocycles. The maximum absolute atomic E-state index is 2.85. The van der Waals surface area contributed by atoms with Gasteiger partial charge < -0.3 is 4.90 Å². The fourth-order valence-corrected chi connectivity index (χ4v) is 5.04. The molecule has 0 aromatic carbocycles. The largest absolute Gasteiger partial charge is 0.306 e. The quantitative estimate of drug-likeness (QED) is 0.638. The second kappa shape index (κ2) is 3.96. The van der Waals surface area contributed by atoms with Gasteiger partial charge in [-0.15, -0.1) is 0 Å². The molecule has 3 aliphatic rings. The molecule has 2 bridgehead atoms. The standard InChI is InChI=1S/C15H28N2/c1-14-6-4-8-17-9-5-7-16(3)11-13(10-14)15(17,2)12-14/h13H,4-12H2,1-3H3. The summed E-state index contributed by atoms with van der Waals surface area (Å²) in [5, 5.41) is 0. The van der Waals surface area contributed by atoms with Crippen LogP contribution in [0.15, 0.2) is 0 Å². The first-order valence-electron chi connectivity index (χ1n) is 7.46. The van der Waals surface area contributed by atoms with Gasteiger partial charge in [-0.05, 0) is 77.0 Å². The number of fused-ring (bicyclic) bond motifs is 1. The zero-order valence-corrected chi connectivity index (χ0v) is 11.8. The van der Waals surface area contributed by atoms with Crippen molar-refractivity contribution < 1.29 is 0 Å². The van der Waals surface area contributed by atoms with E-state index in [9.17, 15) is 0 Å². The van der Waals surface area contributed by atoms with Crippen molar-refractivity contribution in [1.82, 2.24) is 9.80 Å². The van der Waals surface area contributed by atoms with E-state index in [4.69, 9.17) is 0 Å². The SMILES string of the molecule is CN1CCCN2CCCC3(C)CC(C1)C2(C)C3. The van der Waals surface area contributed by atoms with Crippen LogP contribution in [0.4, 0.5) is 0 Å². The molecular weight excluding hydrogens is 208 g/mol. The summed E-state index contributed by atoms with van der Waals surface area (Å²) in [6.07, 6.45) is 7.15. The second-order valence-corrected chi connectivity index (χ2v) is 7.45. The normalized spacial score (nSPS) is 48.5. The third-order valence-corrected chi connectivity index (χ3v) is 5.83. The van der Waals surface area contributed by atoms with Crippen molar-refractivity contribution in [2.45, 2.75) is 51.5 Å². The van der Waals surface area contributed by atoms with Crippen LogP contribution in [0.3, 0.4) is 0 Å². The molecule has 3 fully saturated rings.